The number of methoxy groups -OCH3 is 4. The molecule has 0 aliphatic carbocycles. The summed E-state index contributed by atoms with van der Waals surface area (Å²) >= 11 is 0. The van der Waals surface area contributed by atoms with Crippen LogP contribution in [0.25, 0.3) is 6.08 Å². The van der Waals surface area contributed by atoms with Crippen molar-refractivity contribution >= 4 is 35.9 Å². The van der Waals surface area contributed by atoms with Crippen LogP contribution in [-0.4, -0.2) is 46.7 Å². The fraction of sp³-hybridized carbons (Fsp3) is 0.273. The van der Waals surface area contributed by atoms with Gasteiger partial charge in [0.05, 0.1) is 40.7 Å². The summed E-state index contributed by atoms with van der Waals surface area (Å²) in [6.45, 7) is 1.55. The zero-order valence-electron chi connectivity index (χ0n) is 18.1. The average molecular weight is 451 g/mol. The van der Waals surface area contributed by atoms with E-state index in [1.165, 1.54) is 28.4 Å². The van der Waals surface area contributed by atoms with E-state index in [0.29, 0.717) is 45.4 Å². The van der Waals surface area contributed by atoms with Crippen molar-refractivity contribution in [1.82, 2.24) is 0 Å². The van der Waals surface area contributed by atoms with E-state index < -0.39 is 0 Å². The molecule has 0 heterocycles. The molecule has 9 heteroatoms. The van der Waals surface area contributed by atoms with E-state index >= 15 is 0 Å². The van der Waals surface area contributed by atoms with Crippen LogP contribution in [0.4, 0.5) is 5.69 Å². The molecule has 0 unspecified atom stereocenters. The molecule has 0 aromatic heterocycles. The first-order valence-corrected chi connectivity index (χ1v) is 9.09. The number of ketones is 1. The molecule has 0 atom stereocenters. The van der Waals surface area contributed by atoms with Crippen LogP contribution in [0, 0.1) is 0 Å². The van der Waals surface area contributed by atoms with E-state index in [0.717, 1.165) is 0 Å². The lowest BCUT2D eigenvalue weighted by Crippen LogP contribution is -2.22. The van der Waals surface area contributed by atoms with Crippen LogP contribution >= 0.6 is 12.4 Å². The Labute approximate surface area is 187 Å². The van der Waals surface area contributed by atoms with Gasteiger partial charge in [-0.2, -0.15) is 0 Å². The Balaban J connectivity index is 0.00000480. The highest BCUT2D eigenvalue weighted by Crippen LogP contribution is 2.38. The number of allylic oxidation sites excluding steroid dienone is 1. The third kappa shape index (κ3) is 6.13. The SMILES string of the molecule is COc1ccc(/C=C(\C)C(=O)c2cc(OC)c(OC)c(OC)c2)cc1NC(=O)CN.Cl. The number of ether oxygens (including phenoxy) is 4. The van der Waals surface area contributed by atoms with Gasteiger partial charge < -0.3 is 30.0 Å². The number of nitrogens with two attached hydrogens (primary N) is 1. The molecular weight excluding hydrogens is 424 g/mol. The number of carbonyl (C=O) groups is 2. The summed E-state index contributed by atoms with van der Waals surface area (Å²) in [6.07, 6.45) is 1.71. The topological polar surface area (TPSA) is 109 Å². The van der Waals surface area contributed by atoms with Gasteiger partial charge in [-0.05, 0) is 48.4 Å². The second-order valence-corrected chi connectivity index (χ2v) is 6.28. The molecule has 168 valence electrons. The number of rotatable bonds is 9. The van der Waals surface area contributed by atoms with E-state index in [9.17, 15) is 9.59 Å². The third-order valence-corrected chi connectivity index (χ3v) is 4.35. The smallest absolute Gasteiger partial charge is 0.238 e. The van der Waals surface area contributed by atoms with Crippen LogP contribution in [0.15, 0.2) is 35.9 Å². The van der Waals surface area contributed by atoms with Gasteiger partial charge in [-0.25, -0.2) is 0 Å². The number of amides is 1. The summed E-state index contributed by atoms with van der Waals surface area (Å²) in [5.41, 5.74) is 7.41. The first kappa shape index (κ1) is 25.8. The normalized spacial score (nSPS) is 10.6. The summed E-state index contributed by atoms with van der Waals surface area (Å²) in [4.78, 5) is 24.6. The van der Waals surface area contributed by atoms with Gasteiger partial charge in [0.2, 0.25) is 11.7 Å². The lowest BCUT2D eigenvalue weighted by Gasteiger charge is -2.14. The fourth-order valence-corrected chi connectivity index (χ4v) is 2.87. The quantitative estimate of drug-likeness (QED) is 0.445. The van der Waals surface area contributed by atoms with E-state index in [1.807, 2.05) is 0 Å². The minimum atomic E-state index is -0.348. The van der Waals surface area contributed by atoms with Crippen molar-refractivity contribution in [2.75, 3.05) is 40.3 Å². The number of benzene rings is 2. The van der Waals surface area contributed by atoms with Crippen molar-refractivity contribution in [3.05, 3.63) is 47.0 Å². The minimum Gasteiger partial charge on any atom is -0.495 e. The first-order chi connectivity index (χ1) is 14.4. The maximum Gasteiger partial charge on any atom is 0.238 e. The molecule has 8 nitrogen and oxygen atoms in total. The van der Waals surface area contributed by atoms with Crippen LogP contribution in [-0.2, 0) is 4.79 Å². The molecule has 0 bridgehead atoms. The fourth-order valence-electron chi connectivity index (χ4n) is 2.87. The van der Waals surface area contributed by atoms with Crippen LogP contribution < -0.4 is 30.0 Å². The van der Waals surface area contributed by atoms with Crippen LogP contribution in [0.2, 0.25) is 0 Å². The van der Waals surface area contributed by atoms with Gasteiger partial charge in [-0.1, -0.05) is 6.07 Å². The minimum absolute atomic E-state index is 0. The van der Waals surface area contributed by atoms with Crippen LogP contribution in [0.1, 0.15) is 22.8 Å². The van der Waals surface area contributed by atoms with Crippen molar-refractivity contribution < 1.29 is 28.5 Å². The Hall–Kier alpha value is -3.23. The molecule has 2 rings (SSSR count). The van der Waals surface area contributed by atoms with E-state index in [4.69, 9.17) is 24.7 Å². The number of halogens is 1. The number of hydrogen-bond acceptors (Lipinski definition) is 7. The van der Waals surface area contributed by atoms with Crippen molar-refractivity contribution in [2.24, 2.45) is 5.73 Å². The Morgan fingerprint density at radius 2 is 1.52 bits per heavy atom. The van der Waals surface area contributed by atoms with Gasteiger partial charge in [0, 0.05) is 5.56 Å². The van der Waals surface area contributed by atoms with Crippen molar-refractivity contribution in [1.29, 1.82) is 0 Å². The summed E-state index contributed by atoms with van der Waals surface area (Å²) < 4.78 is 21.2. The van der Waals surface area contributed by atoms with Gasteiger partial charge in [0.25, 0.3) is 0 Å². The molecule has 0 saturated heterocycles. The highest BCUT2D eigenvalue weighted by molar-refractivity contribution is 6.11. The first-order valence-electron chi connectivity index (χ1n) is 9.09. The largest absolute Gasteiger partial charge is 0.495 e. The summed E-state index contributed by atoms with van der Waals surface area (Å²) in [5, 5.41) is 2.68. The van der Waals surface area contributed by atoms with Crippen LogP contribution in [0.5, 0.6) is 23.0 Å². The lowest BCUT2D eigenvalue weighted by molar-refractivity contribution is -0.114. The number of nitrogens with one attached hydrogen (secondary N) is 1. The van der Waals surface area contributed by atoms with E-state index in [2.05, 4.69) is 5.32 Å². The predicted molar refractivity (Wildman–Crippen MR) is 122 cm³/mol. The van der Waals surface area contributed by atoms with Gasteiger partial charge in [-0.15, -0.1) is 12.4 Å². The number of anilines is 1. The number of carbonyl (C=O) groups excluding carboxylic acids is 2. The molecule has 0 spiro atoms. The molecule has 0 radical (unpaired) electrons. The number of hydrogen-bond donors (Lipinski definition) is 2. The Kier molecular flexibility index (Phi) is 9.85. The maximum absolute atomic E-state index is 13.0. The van der Waals surface area contributed by atoms with Gasteiger partial charge in [-0.3, -0.25) is 9.59 Å². The molecule has 0 saturated carbocycles. The van der Waals surface area contributed by atoms with Gasteiger partial charge in [0.15, 0.2) is 17.3 Å². The second-order valence-electron chi connectivity index (χ2n) is 6.28. The molecule has 1 amide bonds. The average Bonchev–Trinajstić information content (AvgIpc) is 2.77. The van der Waals surface area contributed by atoms with Crippen molar-refractivity contribution in [2.45, 2.75) is 6.92 Å². The van der Waals surface area contributed by atoms with E-state index in [1.54, 1.807) is 43.3 Å². The summed E-state index contributed by atoms with van der Waals surface area (Å²) in [7, 11) is 5.98. The van der Waals surface area contributed by atoms with E-state index in [-0.39, 0.29) is 30.6 Å². The molecule has 3 N–H and O–H groups in total. The van der Waals surface area contributed by atoms with Crippen molar-refractivity contribution in [3.63, 3.8) is 0 Å². The predicted octanol–water partition coefficient (Wildman–Crippen LogP) is 3.33. The number of Topliss-reactive ketones (excluding diaryl/α,β-unsaturated/α-hetero) is 1. The molecule has 31 heavy (non-hydrogen) atoms. The standard InChI is InChI=1S/C22H26N2O6.ClH/c1-13(8-14-6-7-17(27-2)16(9-14)24-20(25)12-23)21(26)15-10-18(28-3)22(30-5)19(11-15)29-4;/h6-11H,12,23H2,1-5H3,(H,24,25);1H/b13-8+;. The Morgan fingerprint density at radius 3 is 2.00 bits per heavy atom. The Bertz CT molecular complexity index is 949. The Morgan fingerprint density at radius 1 is 0.935 bits per heavy atom. The zero-order valence-corrected chi connectivity index (χ0v) is 18.9. The van der Waals surface area contributed by atoms with Gasteiger partial charge in [0.1, 0.15) is 5.75 Å². The molecule has 0 aliphatic rings. The summed E-state index contributed by atoms with van der Waals surface area (Å²) in [6, 6.07) is 8.39. The molecule has 2 aromatic carbocycles. The zero-order chi connectivity index (χ0) is 22.3. The lowest BCUT2D eigenvalue weighted by atomic mass is 10.0. The van der Waals surface area contributed by atoms with Gasteiger partial charge >= 0.3 is 0 Å². The molecule has 0 aliphatic heterocycles. The highest BCUT2D eigenvalue weighted by atomic mass is 35.5. The summed E-state index contributed by atoms with van der Waals surface area (Å²) in [5.74, 6) is 1.13. The third-order valence-electron chi connectivity index (χ3n) is 4.35. The molecule has 2 aromatic rings. The molecule has 0 fully saturated rings. The van der Waals surface area contributed by atoms with Crippen molar-refractivity contribution in [3.8, 4) is 23.0 Å². The molecular formula is C22H27ClN2O6. The monoisotopic (exact) mass is 450 g/mol. The highest BCUT2D eigenvalue weighted by Gasteiger charge is 2.18. The second kappa shape index (κ2) is 11.8. The maximum atomic E-state index is 13.0. The van der Waals surface area contributed by atoms with Crippen LogP contribution in [0.3, 0.4) is 0 Å².